The number of halogens is 2. The van der Waals surface area contributed by atoms with E-state index >= 15 is 0 Å². The first kappa shape index (κ1) is 18.8. The van der Waals surface area contributed by atoms with Gasteiger partial charge in [-0.15, -0.1) is 11.3 Å². The van der Waals surface area contributed by atoms with Gasteiger partial charge in [0.25, 0.3) is 0 Å². The Hall–Kier alpha value is -1.57. The van der Waals surface area contributed by atoms with E-state index in [1.165, 1.54) is 0 Å². The van der Waals surface area contributed by atoms with Crippen LogP contribution in [0.3, 0.4) is 0 Å². The number of hydrogen-bond donors (Lipinski definition) is 3. The van der Waals surface area contributed by atoms with Crippen LogP contribution in [0.2, 0.25) is 10.0 Å². The summed E-state index contributed by atoms with van der Waals surface area (Å²) < 4.78 is 0. The Balaban J connectivity index is 1.66. The number of pyridine rings is 1. The quantitative estimate of drug-likeness (QED) is 0.387. The smallest absolute Gasteiger partial charge is 0.191 e. The van der Waals surface area contributed by atoms with Gasteiger partial charge in [0.2, 0.25) is 0 Å². The summed E-state index contributed by atoms with van der Waals surface area (Å²) >= 11 is 13.5. The first-order chi connectivity index (χ1) is 11.6. The van der Waals surface area contributed by atoms with Gasteiger partial charge in [0, 0.05) is 44.7 Å². The maximum absolute atomic E-state index is 6.06. The lowest BCUT2D eigenvalue weighted by Gasteiger charge is -2.12. The summed E-state index contributed by atoms with van der Waals surface area (Å²) in [4.78, 5) is 12.8. The lowest BCUT2D eigenvalue weighted by molar-refractivity contribution is 0.788. The molecule has 24 heavy (non-hydrogen) atoms. The molecule has 3 N–H and O–H groups in total. The topological polar surface area (TPSA) is 74.2 Å². The molecule has 0 atom stereocenters. The maximum Gasteiger partial charge on any atom is 0.191 e. The summed E-state index contributed by atoms with van der Waals surface area (Å²) in [6.45, 7) is 4.12. The molecule has 0 bridgehead atoms. The van der Waals surface area contributed by atoms with Crippen LogP contribution in [0.15, 0.2) is 22.6 Å². The zero-order valence-corrected chi connectivity index (χ0v) is 15.9. The number of thiazole rings is 1. The highest BCUT2D eigenvalue weighted by molar-refractivity contribution is 7.09. The Morgan fingerprint density at radius 1 is 1.25 bits per heavy atom. The molecule has 2 aromatic rings. The molecule has 0 spiro atoms. The highest BCUT2D eigenvalue weighted by Gasteiger charge is 2.03. The van der Waals surface area contributed by atoms with E-state index in [2.05, 4.69) is 36.3 Å². The molecule has 2 rings (SSSR count). The third-order valence-corrected chi connectivity index (χ3v) is 4.40. The van der Waals surface area contributed by atoms with Crippen LogP contribution >= 0.6 is 34.5 Å². The second-order valence-electron chi connectivity index (χ2n) is 4.94. The average molecular weight is 387 g/mol. The van der Waals surface area contributed by atoms with Crippen LogP contribution < -0.4 is 16.0 Å². The number of rotatable bonds is 7. The molecule has 0 unspecified atom stereocenters. The van der Waals surface area contributed by atoms with Gasteiger partial charge in [0.15, 0.2) is 5.96 Å². The number of guanidine groups is 1. The van der Waals surface area contributed by atoms with Gasteiger partial charge < -0.3 is 16.0 Å². The number of aromatic nitrogens is 2. The van der Waals surface area contributed by atoms with Crippen LogP contribution in [-0.2, 0) is 6.42 Å². The Morgan fingerprint density at radius 3 is 2.71 bits per heavy atom. The minimum atomic E-state index is 0.503. The number of nitrogens with zero attached hydrogens (tertiary/aromatic N) is 3. The molecule has 0 fully saturated rings. The van der Waals surface area contributed by atoms with Crippen molar-refractivity contribution < 1.29 is 0 Å². The molecule has 0 aliphatic heterocycles. The van der Waals surface area contributed by atoms with Crippen molar-refractivity contribution in [3.63, 3.8) is 0 Å². The number of anilines is 1. The van der Waals surface area contributed by atoms with Crippen molar-refractivity contribution in [2.75, 3.05) is 32.0 Å². The molecule has 0 radical (unpaired) electrons. The van der Waals surface area contributed by atoms with Gasteiger partial charge in [-0.25, -0.2) is 9.97 Å². The molecule has 0 aliphatic carbocycles. The second-order valence-corrected chi connectivity index (χ2v) is 6.85. The predicted octanol–water partition coefficient (Wildman–Crippen LogP) is 2.97. The molecule has 0 saturated heterocycles. The van der Waals surface area contributed by atoms with Crippen LogP contribution in [0.1, 0.15) is 10.7 Å². The van der Waals surface area contributed by atoms with E-state index in [1.54, 1.807) is 30.6 Å². The van der Waals surface area contributed by atoms with Gasteiger partial charge in [-0.3, -0.25) is 4.99 Å². The fourth-order valence-corrected chi connectivity index (χ4v) is 3.05. The first-order valence-corrected chi connectivity index (χ1v) is 9.12. The number of aliphatic imine (C=N–C) groups is 1. The number of nitrogens with one attached hydrogen (secondary N) is 3. The summed E-state index contributed by atoms with van der Waals surface area (Å²) in [6, 6.07) is 1.66. The van der Waals surface area contributed by atoms with Crippen molar-refractivity contribution in [1.82, 2.24) is 20.6 Å². The Morgan fingerprint density at radius 2 is 2.04 bits per heavy atom. The fourth-order valence-electron chi connectivity index (χ4n) is 1.96. The molecule has 130 valence electrons. The molecule has 0 aromatic carbocycles. The highest BCUT2D eigenvalue weighted by atomic mass is 35.5. The molecule has 6 nitrogen and oxygen atoms in total. The Bertz CT molecular complexity index is 688. The van der Waals surface area contributed by atoms with E-state index < -0.39 is 0 Å². The fraction of sp³-hybridized carbons (Fsp3) is 0.400. The van der Waals surface area contributed by atoms with E-state index in [0.717, 1.165) is 29.6 Å². The van der Waals surface area contributed by atoms with Crippen molar-refractivity contribution >= 4 is 46.3 Å². The molecule has 2 aromatic heterocycles. The zero-order valence-electron chi connectivity index (χ0n) is 13.6. The van der Waals surface area contributed by atoms with E-state index in [-0.39, 0.29) is 0 Å². The third-order valence-electron chi connectivity index (χ3n) is 3.08. The standard InChI is InChI=1S/C15H20Cl2N6S/c1-10-23-12(9-24-10)3-4-20-15(18-2)21-6-5-19-14-13(17)7-11(16)8-22-14/h7-9H,3-6H2,1-2H3,(H,19,22)(H2,18,20,21). The summed E-state index contributed by atoms with van der Waals surface area (Å²) in [7, 11) is 1.74. The van der Waals surface area contributed by atoms with E-state index in [0.29, 0.717) is 29.0 Å². The van der Waals surface area contributed by atoms with Crippen molar-refractivity contribution in [3.05, 3.63) is 38.4 Å². The Kier molecular flexibility index (Phi) is 7.55. The third kappa shape index (κ3) is 6.14. The largest absolute Gasteiger partial charge is 0.367 e. The van der Waals surface area contributed by atoms with Gasteiger partial charge in [0.05, 0.1) is 20.7 Å². The van der Waals surface area contributed by atoms with Gasteiger partial charge >= 0.3 is 0 Å². The van der Waals surface area contributed by atoms with Crippen LogP contribution in [0, 0.1) is 6.92 Å². The molecule has 2 heterocycles. The summed E-state index contributed by atoms with van der Waals surface area (Å²) in [5, 5.41) is 13.8. The molecular weight excluding hydrogens is 367 g/mol. The lowest BCUT2D eigenvalue weighted by Crippen LogP contribution is -2.40. The monoisotopic (exact) mass is 386 g/mol. The summed E-state index contributed by atoms with van der Waals surface area (Å²) in [6.07, 6.45) is 2.43. The van der Waals surface area contributed by atoms with Gasteiger partial charge in [-0.2, -0.15) is 0 Å². The van der Waals surface area contributed by atoms with Crippen molar-refractivity contribution in [3.8, 4) is 0 Å². The molecule has 0 aliphatic rings. The lowest BCUT2D eigenvalue weighted by atomic mass is 10.3. The van der Waals surface area contributed by atoms with E-state index in [9.17, 15) is 0 Å². The first-order valence-electron chi connectivity index (χ1n) is 7.49. The summed E-state index contributed by atoms with van der Waals surface area (Å²) in [5.74, 6) is 1.36. The van der Waals surface area contributed by atoms with Gasteiger partial charge in [-0.05, 0) is 13.0 Å². The van der Waals surface area contributed by atoms with Gasteiger partial charge in [0.1, 0.15) is 5.82 Å². The highest BCUT2D eigenvalue weighted by Crippen LogP contribution is 2.21. The van der Waals surface area contributed by atoms with E-state index in [4.69, 9.17) is 23.2 Å². The van der Waals surface area contributed by atoms with Crippen LogP contribution in [0.25, 0.3) is 0 Å². The van der Waals surface area contributed by atoms with E-state index in [1.807, 2.05) is 6.92 Å². The van der Waals surface area contributed by atoms with Crippen molar-refractivity contribution in [1.29, 1.82) is 0 Å². The second kappa shape index (κ2) is 9.66. The maximum atomic E-state index is 6.06. The summed E-state index contributed by atoms with van der Waals surface area (Å²) in [5.41, 5.74) is 1.10. The zero-order chi connectivity index (χ0) is 17.4. The number of aryl methyl sites for hydroxylation is 1. The average Bonchev–Trinajstić information content (AvgIpc) is 2.96. The molecule has 9 heteroatoms. The van der Waals surface area contributed by atoms with Crippen LogP contribution in [0.5, 0.6) is 0 Å². The van der Waals surface area contributed by atoms with Crippen LogP contribution in [-0.4, -0.2) is 42.6 Å². The minimum Gasteiger partial charge on any atom is -0.367 e. The van der Waals surface area contributed by atoms with Gasteiger partial charge in [-0.1, -0.05) is 23.2 Å². The van der Waals surface area contributed by atoms with Crippen molar-refractivity contribution in [2.45, 2.75) is 13.3 Å². The Labute approximate surface area is 155 Å². The normalized spacial score (nSPS) is 11.4. The SMILES string of the molecule is CN=C(NCCNc1ncc(Cl)cc1Cl)NCCc1csc(C)n1. The molecule has 0 amide bonds. The minimum absolute atomic E-state index is 0.503. The number of hydrogen-bond acceptors (Lipinski definition) is 5. The van der Waals surface area contributed by atoms with Crippen LogP contribution in [0.4, 0.5) is 5.82 Å². The van der Waals surface area contributed by atoms with Crippen molar-refractivity contribution in [2.24, 2.45) is 4.99 Å². The molecule has 0 saturated carbocycles. The molecular formula is C15H20Cl2N6S. The predicted molar refractivity (Wildman–Crippen MR) is 103 cm³/mol.